The number of aromatic nitrogens is 1. The van der Waals surface area contributed by atoms with E-state index in [1.54, 1.807) is 0 Å². The number of rotatable bonds is 6. The second-order valence-electron chi connectivity index (χ2n) is 12.9. The third-order valence-corrected chi connectivity index (χ3v) is 9.46. The van der Waals surface area contributed by atoms with Gasteiger partial charge in [-0.3, -0.25) is 0 Å². The van der Waals surface area contributed by atoms with E-state index in [0.717, 1.165) is 29.7 Å². The van der Waals surface area contributed by atoms with Crippen LogP contribution >= 0.6 is 0 Å². The topological polar surface area (TPSA) is 28.7 Å². The van der Waals surface area contributed by atoms with E-state index in [0.29, 0.717) is 5.56 Å². The molecule has 1 aromatic heterocycles. The van der Waals surface area contributed by atoms with E-state index in [1.807, 2.05) is 36.4 Å². The van der Waals surface area contributed by atoms with Gasteiger partial charge in [-0.1, -0.05) is 140 Å². The molecule has 0 amide bonds. The van der Waals surface area contributed by atoms with Crippen LogP contribution in [-0.2, 0) is 6.42 Å². The van der Waals surface area contributed by atoms with Crippen LogP contribution in [0, 0.1) is 25.2 Å². The molecule has 0 N–H and O–H groups in total. The Hall–Kier alpha value is -6.17. The molecule has 0 radical (unpaired) electrons. The van der Waals surface area contributed by atoms with Crippen LogP contribution in [0.5, 0.6) is 0 Å². The van der Waals surface area contributed by atoms with Gasteiger partial charge in [0.1, 0.15) is 0 Å². The van der Waals surface area contributed by atoms with Crippen molar-refractivity contribution in [1.82, 2.24) is 4.57 Å². The Morgan fingerprint density at radius 3 is 1.94 bits per heavy atom. The van der Waals surface area contributed by atoms with Crippen molar-refractivity contribution in [2.24, 2.45) is 0 Å². The molecule has 2 nitrogen and oxygen atoms in total. The molecule has 0 aliphatic heterocycles. The highest BCUT2D eigenvalue weighted by molar-refractivity contribution is 6.10. The minimum atomic E-state index is 0.671. The van der Waals surface area contributed by atoms with Gasteiger partial charge in [0.15, 0.2) is 0 Å². The van der Waals surface area contributed by atoms with Crippen LogP contribution in [0.15, 0.2) is 164 Å². The minimum absolute atomic E-state index is 0.671. The second kappa shape index (κ2) is 14.5. The molecule has 0 unspecified atom stereocenters. The fourth-order valence-corrected chi connectivity index (χ4v) is 6.90. The number of nitriles is 1. The molecule has 0 bridgehead atoms. The summed E-state index contributed by atoms with van der Waals surface area (Å²) in [5.41, 5.74) is 15.4. The lowest BCUT2D eigenvalue weighted by molar-refractivity contribution is 0.923. The van der Waals surface area contributed by atoms with Crippen molar-refractivity contribution in [3.8, 4) is 45.1 Å². The highest BCUT2D eigenvalue weighted by Gasteiger charge is 2.15. The summed E-state index contributed by atoms with van der Waals surface area (Å²) in [4.78, 5) is 0. The first kappa shape index (κ1) is 32.4. The zero-order valence-corrected chi connectivity index (χ0v) is 28.9. The Morgan fingerprint density at radius 1 is 0.520 bits per heavy atom. The van der Waals surface area contributed by atoms with Crippen LogP contribution in [0.25, 0.3) is 60.9 Å². The summed E-state index contributed by atoms with van der Waals surface area (Å²) in [6.45, 7) is 6.54. The highest BCUT2D eigenvalue weighted by Crippen LogP contribution is 2.37. The summed E-state index contributed by atoms with van der Waals surface area (Å²) >= 11 is 0. The lowest BCUT2D eigenvalue weighted by atomic mass is 9.91. The Morgan fingerprint density at radius 2 is 1.18 bits per heavy atom. The second-order valence-corrected chi connectivity index (χ2v) is 12.9. The van der Waals surface area contributed by atoms with Crippen LogP contribution in [0.4, 0.5) is 0 Å². The molecule has 7 aromatic carbocycles. The molecule has 8 aromatic rings. The van der Waals surface area contributed by atoms with E-state index in [-0.39, 0.29) is 0 Å². The van der Waals surface area contributed by atoms with Gasteiger partial charge in [0.05, 0.1) is 22.7 Å². The molecule has 242 valence electrons. The average Bonchev–Trinajstić information content (AvgIpc) is 3.50. The summed E-state index contributed by atoms with van der Waals surface area (Å²) in [6, 6.07) is 60.2. The van der Waals surface area contributed by atoms with Crippen molar-refractivity contribution >= 4 is 21.8 Å². The molecule has 1 heterocycles. The lowest BCUT2D eigenvalue weighted by Crippen LogP contribution is -1.94. The third-order valence-electron chi connectivity index (χ3n) is 9.46. The average molecular weight is 645 g/mol. The molecule has 0 spiro atoms. The first-order chi connectivity index (χ1) is 24.5. The van der Waals surface area contributed by atoms with Crippen molar-refractivity contribution in [3.05, 3.63) is 186 Å². The maximum Gasteiger partial charge on any atom is 0.0991 e. The highest BCUT2D eigenvalue weighted by atomic mass is 15.0. The van der Waals surface area contributed by atoms with E-state index in [4.69, 9.17) is 0 Å². The van der Waals surface area contributed by atoms with E-state index < -0.39 is 0 Å². The van der Waals surface area contributed by atoms with Gasteiger partial charge in [0.25, 0.3) is 0 Å². The largest absolute Gasteiger partial charge is 0.309 e. The number of nitrogens with zero attached hydrogens (tertiary/aromatic N) is 2. The van der Waals surface area contributed by atoms with Gasteiger partial charge in [-0.2, -0.15) is 5.26 Å². The number of hydrogen-bond acceptors (Lipinski definition) is 1. The summed E-state index contributed by atoms with van der Waals surface area (Å²) in [5.74, 6) is 0. The quantitative estimate of drug-likeness (QED) is 0.177. The Kier molecular flexibility index (Phi) is 9.41. The van der Waals surface area contributed by atoms with Crippen molar-refractivity contribution in [3.63, 3.8) is 0 Å². The molecule has 8 rings (SSSR count). The van der Waals surface area contributed by atoms with Crippen molar-refractivity contribution in [2.45, 2.75) is 33.6 Å². The fourth-order valence-electron chi connectivity index (χ4n) is 6.90. The summed E-state index contributed by atoms with van der Waals surface area (Å²) in [7, 11) is 0. The SMILES string of the molecule is CCCc1ccccc1-c1cc(-c2ccc3c4ccccc4n(-c4ccc(-c5cccc(C#N)c5)cc4)c3c2)ccc1C.Cc1ccccc1. The molecule has 0 saturated heterocycles. The van der Waals surface area contributed by atoms with Crippen LogP contribution in [0.1, 0.15) is 35.6 Å². The number of aryl methyl sites for hydroxylation is 3. The molecule has 0 aliphatic rings. The Balaban J connectivity index is 0.000000501. The smallest absolute Gasteiger partial charge is 0.0991 e. The molecule has 0 fully saturated rings. The van der Waals surface area contributed by atoms with Crippen LogP contribution in [0.3, 0.4) is 0 Å². The number of para-hydroxylation sites is 1. The van der Waals surface area contributed by atoms with E-state index in [1.165, 1.54) is 60.8 Å². The van der Waals surface area contributed by atoms with Crippen LogP contribution in [0.2, 0.25) is 0 Å². The Labute approximate surface area is 295 Å². The molecular weight excluding hydrogens is 605 g/mol. The zero-order valence-electron chi connectivity index (χ0n) is 28.9. The predicted molar refractivity (Wildman–Crippen MR) is 212 cm³/mol. The van der Waals surface area contributed by atoms with Crippen LogP contribution in [-0.4, -0.2) is 4.57 Å². The monoisotopic (exact) mass is 644 g/mol. The molecule has 2 heteroatoms. The Bertz CT molecular complexity index is 2460. The fraction of sp³-hybridized carbons (Fsp3) is 0.104. The molecule has 50 heavy (non-hydrogen) atoms. The van der Waals surface area contributed by atoms with Gasteiger partial charge in [0, 0.05) is 16.5 Å². The standard InChI is InChI=1S/C41H32N2.C7H8/c1-3-9-31-11-4-5-13-36(31)39-25-33(17-16-28(39)2)34-20-23-38-37-14-6-7-15-40(37)43(41(38)26-34)35-21-18-30(19-22-35)32-12-8-10-29(24-32)27-42;1-7-5-3-2-4-6-7/h4-8,10-26H,3,9H2,1-2H3;2-6H,1H3. The molecule has 0 aliphatic carbocycles. The number of benzene rings is 7. The van der Waals surface area contributed by atoms with Crippen LogP contribution < -0.4 is 0 Å². The summed E-state index contributed by atoms with van der Waals surface area (Å²) in [5, 5.41) is 11.8. The normalized spacial score (nSPS) is 10.8. The zero-order chi connectivity index (χ0) is 34.5. The van der Waals surface area contributed by atoms with Gasteiger partial charge in [-0.15, -0.1) is 0 Å². The van der Waals surface area contributed by atoms with Crippen molar-refractivity contribution < 1.29 is 0 Å². The predicted octanol–water partition coefficient (Wildman–Crippen LogP) is 12.9. The molecule has 0 saturated carbocycles. The van der Waals surface area contributed by atoms with E-state index in [2.05, 4.69) is 159 Å². The first-order valence-electron chi connectivity index (χ1n) is 17.4. The molecular formula is C48H40N2. The van der Waals surface area contributed by atoms with Crippen molar-refractivity contribution in [2.75, 3.05) is 0 Å². The first-order valence-corrected chi connectivity index (χ1v) is 17.4. The maximum absolute atomic E-state index is 9.35. The van der Waals surface area contributed by atoms with E-state index in [9.17, 15) is 5.26 Å². The van der Waals surface area contributed by atoms with Gasteiger partial charge >= 0.3 is 0 Å². The lowest BCUT2D eigenvalue weighted by Gasteiger charge is -2.14. The maximum atomic E-state index is 9.35. The van der Waals surface area contributed by atoms with E-state index >= 15 is 0 Å². The number of hydrogen-bond donors (Lipinski definition) is 0. The van der Waals surface area contributed by atoms with Gasteiger partial charge in [-0.05, 0) is 107 Å². The molecule has 0 atom stereocenters. The third kappa shape index (κ3) is 6.59. The number of fused-ring (bicyclic) bond motifs is 3. The minimum Gasteiger partial charge on any atom is -0.309 e. The van der Waals surface area contributed by atoms with Crippen molar-refractivity contribution in [1.29, 1.82) is 5.26 Å². The van der Waals surface area contributed by atoms with Gasteiger partial charge < -0.3 is 4.57 Å². The van der Waals surface area contributed by atoms with Gasteiger partial charge in [-0.25, -0.2) is 0 Å². The summed E-state index contributed by atoms with van der Waals surface area (Å²) in [6.07, 6.45) is 2.21. The summed E-state index contributed by atoms with van der Waals surface area (Å²) < 4.78 is 2.37. The van der Waals surface area contributed by atoms with Gasteiger partial charge in [0.2, 0.25) is 0 Å².